The summed E-state index contributed by atoms with van der Waals surface area (Å²) >= 11 is 0. The molecule has 0 amide bonds. The van der Waals surface area contributed by atoms with Gasteiger partial charge in [-0.1, -0.05) is 43.8 Å². The number of ether oxygens (including phenoxy) is 3. The number of benzene rings is 2. The van der Waals surface area contributed by atoms with E-state index in [4.69, 9.17) is 14.2 Å². The minimum absolute atomic E-state index is 0.0653. The van der Waals surface area contributed by atoms with Crippen molar-refractivity contribution >= 4 is 11.9 Å². The Morgan fingerprint density at radius 2 is 1.96 bits per heavy atom. The van der Waals surface area contributed by atoms with Gasteiger partial charge in [0.1, 0.15) is 12.4 Å². The predicted molar refractivity (Wildman–Crippen MR) is 101 cm³/mol. The topological polar surface area (TPSA) is 61.8 Å². The van der Waals surface area contributed by atoms with E-state index in [1.807, 2.05) is 44.2 Å². The van der Waals surface area contributed by atoms with Gasteiger partial charge in [-0.25, -0.2) is 4.79 Å². The summed E-state index contributed by atoms with van der Waals surface area (Å²) in [7, 11) is 0. The Bertz CT molecular complexity index is 870. The SMILES string of the molecule is C=C(CC)C(=O)c1cc2c(cc1C)OC(OC(=O)OCc1ccccc1)C2. The number of carbonyl (C=O) groups is 2. The molecule has 1 aliphatic heterocycles. The number of aryl methyl sites for hydroxylation is 1. The maximum absolute atomic E-state index is 12.4. The van der Waals surface area contributed by atoms with Gasteiger partial charge in [-0.15, -0.1) is 0 Å². The van der Waals surface area contributed by atoms with E-state index in [2.05, 4.69) is 6.58 Å². The molecule has 0 saturated carbocycles. The quantitative estimate of drug-likeness (QED) is 0.419. The molecule has 3 rings (SSSR count). The fourth-order valence-corrected chi connectivity index (χ4v) is 2.88. The monoisotopic (exact) mass is 366 g/mol. The van der Waals surface area contributed by atoms with E-state index < -0.39 is 12.4 Å². The van der Waals surface area contributed by atoms with Gasteiger partial charge in [-0.3, -0.25) is 4.79 Å². The number of fused-ring (bicyclic) bond motifs is 1. The first-order valence-electron chi connectivity index (χ1n) is 8.88. The maximum atomic E-state index is 12.4. The summed E-state index contributed by atoms with van der Waals surface area (Å²) in [6.45, 7) is 7.70. The van der Waals surface area contributed by atoms with Crippen LogP contribution in [0.4, 0.5) is 4.79 Å². The van der Waals surface area contributed by atoms with Crippen LogP contribution in [0.3, 0.4) is 0 Å². The smallest absolute Gasteiger partial charge is 0.454 e. The molecular formula is C22H22O5. The van der Waals surface area contributed by atoms with Gasteiger partial charge in [0.2, 0.25) is 0 Å². The molecule has 0 N–H and O–H groups in total. The standard InChI is InChI=1S/C22H22O5/c1-4-14(2)21(23)18-11-17-12-20(26-19(17)10-15(18)3)27-22(24)25-13-16-8-6-5-7-9-16/h5-11,20H,2,4,12-13H2,1,3H3. The minimum Gasteiger partial charge on any atom is -0.454 e. The van der Waals surface area contributed by atoms with Crippen molar-refractivity contribution in [3.05, 3.63) is 76.9 Å². The molecule has 5 nitrogen and oxygen atoms in total. The van der Waals surface area contributed by atoms with Crippen molar-refractivity contribution in [2.24, 2.45) is 0 Å². The summed E-state index contributed by atoms with van der Waals surface area (Å²) < 4.78 is 16.0. The van der Waals surface area contributed by atoms with Crippen LogP contribution < -0.4 is 4.74 Å². The lowest BCUT2D eigenvalue weighted by Gasteiger charge is -2.12. The first-order valence-corrected chi connectivity index (χ1v) is 8.88. The van der Waals surface area contributed by atoms with Crippen molar-refractivity contribution in [1.82, 2.24) is 0 Å². The van der Waals surface area contributed by atoms with E-state index >= 15 is 0 Å². The maximum Gasteiger partial charge on any atom is 0.511 e. The molecule has 27 heavy (non-hydrogen) atoms. The largest absolute Gasteiger partial charge is 0.511 e. The minimum atomic E-state index is -0.788. The average Bonchev–Trinajstić information content (AvgIpc) is 3.06. The van der Waals surface area contributed by atoms with E-state index in [1.165, 1.54) is 0 Å². The third kappa shape index (κ3) is 4.37. The highest BCUT2D eigenvalue weighted by atomic mass is 16.8. The van der Waals surface area contributed by atoms with Crippen LogP contribution in [0.5, 0.6) is 5.75 Å². The molecule has 140 valence electrons. The lowest BCUT2D eigenvalue weighted by atomic mass is 9.95. The van der Waals surface area contributed by atoms with Crippen molar-refractivity contribution in [2.75, 3.05) is 0 Å². The highest BCUT2D eigenvalue weighted by Crippen LogP contribution is 2.33. The van der Waals surface area contributed by atoms with Crippen LogP contribution in [0.1, 0.15) is 40.4 Å². The Kier molecular flexibility index (Phi) is 5.60. The van der Waals surface area contributed by atoms with Crippen LogP contribution >= 0.6 is 0 Å². The Labute approximate surface area is 158 Å². The van der Waals surface area contributed by atoms with E-state index in [0.717, 1.165) is 16.7 Å². The van der Waals surface area contributed by atoms with Gasteiger partial charge >= 0.3 is 6.16 Å². The molecule has 1 atom stereocenters. The summed E-state index contributed by atoms with van der Waals surface area (Å²) in [4.78, 5) is 24.3. The van der Waals surface area contributed by atoms with Crippen LogP contribution in [-0.4, -0.2) is 18.2 Å². The van der Waals surface area contributed by atoms with Crippen LogP contribution in [-0.2, 0) is 22.5 Å². The molecule has 0 fully saturated rings. The molecule has 0 aliphatic carbocycles. The van der Waals surface area contributed by atoms with Crippen molar-refractivity contribution in [3.63, 3.8) is 0 Å². The second-order valence-electron chi connectivity index (χ2n) is 6.45. The first kappa shape index (κ1) is 18.7. The third-order valence-corrected chi connectivity index (χ3v) is 4.47. The second-order valence-corrected chi connectivity index (χ2v) is 6.45. The molecule has 0 spiro atoms. The molecule has 0 saturated heterocycles. The summed E-state index contributed by atoms with van der Waals surface area (Å²) in [5, 5.41) is 0. The molecule has 0 aromatic heterocycles. The Balaban J connectivity index is 1.61. The Hall–Kier alpha value is -3.08. The molecule has 2 aromatic carbocycles. The molecule has 1 unspecified atom stereocenters. The molecule has 0 bridgehead atoms. The molecule has 0 radical (unpaired) electrons. The summed E-state index contributed by atoms with van der Waals surface area (Å²) in [6, 6.07) is 12.9. The zero-order chi connectivity index (χ0) is 19.4. The van der Waals surface area contributed by atoms with Crippen molar-refractivity contribution < 1.29 is 23.8 Å². The normalized spacial score (nSPS) is 14.8. The number of ketones is 1. The van der Waals surface area contributed by atoms with Crippen LogP contribution in [0.15, 0.2) is 54.6 Å². The predicted octanol–water partition coefficient (Wildman–Crippen LogP) is 4.76. The third-order valence-electron chi connectivity index (χ3n) is 4.47. The van der Waals surface area contributed by atoms with E-state index in [1.54, 1.807) is 12.1 Å². The molecule has 5 heteroatoms. The van der Waals surface area contributed by atoms with Gasteiger partial charge in [0.05, 0.1) is 6.42 Å². The van der Waals surface area contributed by atoms with Gasteiger partial charge in [0, 0.05) is 11.1 Å². The summed E-state index contributed by atoms with van der Waals surface area (Å²) in [5.41, 5.74) is 3.68. The van der Waals surface area contributed by atoms with Crippen LogP contribution in [0.2, 0.25) is 0 Å². The molecule has 1 heterocycles. The van der Waals surface area contributed by atoms with Gasteiger partial charge in [-0.2, -0.15) is 0 Å². The van der Waals surface area contributed by atoms with Gasteiger partial charge in [0.15, 0.2) is 5.78 Å². The van der Waals surface area contributed by atoms with Crippen LogP contribution in [0.25, 0.3) is 0 Å². The number of Topliss-reactive ketones (excluding diaryl/α,β-unsaturated/α-hetero) is 1. The average molecular weight is 366 g/mol. The molecular weight excluding hydrogens is 344 g/mol. The zero-order valence-electron chi connectivity index (χ0n) is 15.5. The van der Waals surface area contributed by atoms with E-state index in [0.29, 0.717) is 29.7 Å². The highest BCUT2D eigenvalue weighted by Gasteiger charge is 2.28. The van der Waals surface area contributed by atoms with E-state index in [-0.39, 0.29) is 12.4 Å². The van der Waals surface area contributed by atoms with Gasteiger partial charge < -0.3 is 14.2 Å². The number of hydrogen-bond donors (Lipinski definition) is 0. The number of carbonyl (C=O) groups excluding carboxylic acids is 2. The van der Waals surface area contributed by atoms with Crippen molar-refractivity contribution in [3.8, 4) is 5.75 Å². The van der Waals surface area contributed by atoms with Crippen molar-refractivity contribution in [2.45, 2.75) is 39.6 Å². The Morgan fingerprint density at radius 3 is 2.67 bits per heavy atom. The fourth-order valence-electron chi connectivity index (χ4n) is 2.88. The highest BCUT2D eigenvalue weighted by molar-refractivity contribution is 6.09. The first-order chi connectivity index (χ1) is 13.0. The Morgan fingerprint density at radius 1 is 1.22 bits per heavy atom. The number of rotatable bonds is 6. The summed E-state index contributed by atoms with van der Waals surface area (Å²) in [5.74, 6) is 0.552. The lowest BCUT2D eigenvalue weighted by molar-refractivity contribution is -0.0545. The second kappa shape index (κ2) is 8.08. The zero-order valence-corrected chi connectivity index (χ0v) is 15.5. The van der Waals surface area contributed by atoms with Gasteiger partial charge in [-0.05, 0) is 42.2 Å². The van der Waals surface area contributed by atoms with E-state index in [9.17, 15) is 9.59 Å². The number of allylic oxidation sites excluding steroid dienone is 1. The van der Waals surface area contributed by atoms with Crippen LogP contribution in [0, 0.1) is 6.92 Å². The lowest BCUT2D eigenvalue weighted by Crippen LogP contribution is -2.22. The summed E-state index contributed by atoms with van der Waals surface area (Å²) in [6.07, 6.45) is -0.578. The van der Waals surface area contributed by atoms with Crippen molar-refractivity contribution in [1.29, 1.82) is 0 Å². The molecule has 2 aromatic rings. The van der Waals surface area contributed by atoms with Gasteiger partial charge in [0.25, 0.3) is 6.29 Å². The molecule has 1 aliphatic rings. The number of hydrogen-bond acceptors (Lipinski definition) is 5. The fraction of sp³-hybridized carbons (Fsp3) is 0.273.